The molecule has 0 spiro atoms. The molecule has 2 atom stereocenters. The first kappa shape index (κ1) is 14.3. The van der Waals surface area contributed by atoms with Gasteiger partial charge in [-0.1, -0.05) is 68.4 Å². The van der Waals surface area contributed by atoms with Gasteiger partial charge in [0.05, 0.1) is 0 Å². The highest BCUT2D eigenvalue weighted by molar-refractivity contribution is 5.31. The summed E-state index contributed by atoms with van der Waals surface area (Å²) in [6, 6.07) is 20.3. The standard InChI is InChI=1S/C20H25N/c1-20(2)14-18(20)19(21-3)17-11-9-16(10-12-17)13-15-7-5-4-6-8-15/h4-12,18-19,21H,13-14H2,1-3H3. The van der Waals surface area contributed by atoms with E-state index >= 15 is 0 Å². The van der Waals surface area contributed by atoms with E-state index in [1.165, 1.54) is 23.1 Å². The molecular formula is C20H25N. The molecule has 3 rings (SSSR count). The van der Waals surface area contributed by atoms with Gasteiger partial charge in [-0.05, 0) is 47.9 Å². The van der Waals surface area contributed by atoms with Crippen molar-refractivity contribution >= 4 is 0 Å². The van der Waals surface area contributed by atoms with Crippen LogP contribution in [0.25, 0.3) is 0 Å². The van der Waals surface area contributed by atoms with Crippen molar-refractivity contribution in [2.45, 2.75) is 32.7 Å². The van der Waals surface area contributed by atoms with Crippen molar-refractivity contribution in [3.63, 3.8) is 0 Å². The Morgan fingerprint density at radius 3 is 2.10 bits per heavy atom. The van der Waals surface area contributed by atoms with Gasteiger partial charge in [0.25, 0.3) is 0 Å². The summed E-state index contributed by atoms with van der Waals surface area (Å²) in [6.45, 7) is 4.73. The summed E-state index contributed by atoms with van der Waals surface area (Å²) in [7, 11) is 2.08. The second kappa shape index (κ2) is 5.65. The summed E-state index contributed by atoms with van der Waals surface area (Å²) in [5.74, 6) is 0.766. The van der Waals surface area contributed by atoms with Crippen molar-refractivity contribution in [3.8, 4) is 0 Å². The van der Waals surface area contributed by atoms with Crippen LogP contribution >= 0.6 is 0 Å². The van der Waals surface area contributed by atoms with Crippen LogP contribution < -0.4 is 5.32 Å². The van der Waals surface area contributed by atoms with Gasteiger partial charge in [-0.15, -0.1) is 0 Å². The van der Waals surface area contributed by atoms with Crippen molar-refractivity contribution < 1.29 is 0 Å². The minimum atomic E-state index is 0.491. The molecule has 1 saturated carbocycles. The van der Waals surface area contributed by atoms with E-state index in [-0.39, 0.29) is 0 Å². The van der Waals surface area contributed by atoms with Gasteiger partial charge in [-0.2, -0.15) is 0 Å². The lowest BCUT2D eigenvalue weighted by Gasteiger charge is -2.19. The van der Waals surface area contributed by atoms with Crippen LogP contribution in [0.2, 0.25) is 0 Å². The Morgan fingerprint density at radius 1 is 1.00 bits per heavy atom. The molecule has 21 heavy (non-hydrogen) atoms. The Balaban J connectivity index is 1.72. The first-order valence-corrected chi connectivity index (χ1v) is 7.90. The van der Waals surface area contributed by atoms with Crippen LogP contribution in [0.4, 0.5) is 0 Å². The molecule has 2 aromatic rings. The van der Waals surface area contributed by atoms with Crippen LogP contribution in [0, 0.1) is 11.3 Å². The first-order chi connectivity index (χ1) is 10.1. The Bertz CT molecular complexity index is 583. The molecule has 2 aromatic carbocycles. The van der Waals surface area contributed by atoms with E-state index in [2.05, 4.69) is 80.8 Å². The topological polar surface area (TPSA) is 12.0 Å². The average molecular weight is 279 g/mol. The lowest BCUT2D eigenvalue weighted by atomic mass is 9.95. The molecule has 0 bridgehead atoms. The lowest BCUT2D eigenvalue weighted by Crippen LogP contribution is -2.20. The zero-order valence-electron chi connectivity index (χ0n) is 13.3. The number of hydrogen-bond donors (Lipinski definition) is 1. The summed E-state index contributed by atoms with van der Waals surface area (Å²) >= 11 is 0. The minimum Gasteiger partial charge on any atom is -0.313 e. The molecule has 0 aliphatic heterocycles. The maximum Gasteiger partial charge on any atom is 0.0351 e. The molecule has 1 fully saturated rings. The maximum absolute atomic E-state index is 3.51. The fourth-order valence-corrected chi connectivity index (χ4v) is 3.35. The number of hydrogen-bond acceptors (Lipinski definition) is 1. The largest absolute Gasteiger partial charge is 0.313 e. The predicted octanol–water partition coefficient (Wildman–Crippen LogP) is 4.58. The highest BCUT2D eigenvalue weighted by Crippen LogP contribution is 2.57. The number of rotatable bonds is 5. The second-order valence-electron chi connectivity index (χ2n) is 6.97. The maximum atomic E-state index is 3.51. The van der Waals surface area contributed by atoms with Gasteiger partial charge < -0.3 is 5.32 Å². The Morgan fingerprint density at radius 2 is 1.57 bits per heavy atom. The summed E-state index contributed by atoms with van der Waals surface area (Å²) in [5, 5.41) is 3.51. The molecule has 0 aromatic heterocycles. The van der Waals surface area contributed by atoms with Gasteiger partial charge >= 0.3 is 0 Å². The molecule has 110 valence electrons. The molecule has 0 amide bonds. The van der Waals surface area contributed by atoms with Crippen molar-refractivity contribution in [1.29, 1.82) is 0 Å². The van der Waals surface area contributed by atoms with Crippen LogP contribution in [0.3, 0.4) is 0 Å². The number of benzene rings is 2. The zero-order valence-corrected chi connectivity index (χ0v) is 13.3. The molecule has 1 N–H and O–H groups in total. The van der Waals surface area contributed by atoms with E-state index in [1.807, 2.05) is 0 Å². The van der Waals surface area contributed by atoms with Gasteiger partial charge in [-0.25, -0.2) is 0 Å². The van der Waals surface area contributed by atoms with Gasteiger partial charge in [0.15, 0.2) is 0 Å². The molecule has 1 nitrogen and oxygen atoms in total. The molecule has 1 aliphatic rings. The molecule has 2 unspecified atom stereocenters. The van der Waals surface area contributed by atoms with Gasteiger partial charge in [0, 0.05) is 6.04 Å². The van der Waals surface area contributed by atoms with Crippen molar-refractivity contribution in [2.24, 2.45) is 11.3 Å². The van der Waals surface area contributed by atoms with Gasteiger partial charge in [-0.3, -0.25) is 0 Å². The fourth-order valence-electron chi connectivity index (χ4n) is 3.35. The zero-order chi connectivity index (χ0) is 14.9. The molecular weight excluding hydrogens is 254 g/mol. The molecule has 0 heterocycles. The van der Waals surface area contributed by atoms with Crippen LogP contribution in [-0.2, 0) is 6.42 Å². The minimum absolute atomic E-state index is 0.491. The second-order valence-corrected chi connectivity index (χ2v) is 6.97. The third-order valence-corrected chi connectivity index (χ3v) is 4.89. The predicted molar refractivity (Wildman–Crippen MR) is 89.4 cm³/mol. The van der Waals surface area contributed by atoms with Crippen LogP contribution in [0.1, 0.15) is 43.0 Å². The summed E-state index contributed by atoms with van der Waals surface area (Å²) in [5.41, 5.74) is 4.68. The molecule has 0 saturated heterocycles. The van der Waals surface area contributed by atoms with Crippen LogP contribution in [0.5, 0.6) is 0 Å². The van der Waals surface area contributed by atoms with E-state index in [1.54, 1.807) is 0 Å². The summed E-state index contributed by atoms with van der Waals surface area (Å²) < 4.78 is 0. The Labute approximate surface area is 128 Å². The third kappa shape index (κ3) is 3.19. The molecule has 1 aliphatic carbocycles. The van der Waals surface area contributed by atoms with Crippen molar-refractivity contribution in [2.75, 3.05) is 7.05 Å². The SMILES string of the molecule is CNC(c1ccc(Cc2ccccc2)cc1)C1CC1(C)C. The van der Waals surface area contributed by atoms with Crippen molar-refractivity contribution in [3.05, 3.63) is 71.3 Å². The quantitative estimate of drug-likeness (QED) is 0.844. The molecule has 1 heteroatoms. The Kier molecular flexibility index (Phi) is 3.86. The fraction of sp³-hybridized carbons (Fsp3) is 0.400. The Hall–Kier alpha value is -1.60. The lowest BCUT2D eigenvalue weighted by molar-refractivity contribution is 0.441. The van der Waals surface area contributed by atoms with E-state index in [0.717, 1.165) is 12.3 Å². The molecule has 0 radical (unpaired) electrons. The highest BCUT2D eigenvalue weighted by Gasteiger charge is 2.49. The van der Waals surface area contributed by atoms with E-state index in [9.17, 15) is 0 Å². The summed E-state index contributed by atoms with van der Waals surface area (Å²) in [6.07, 6.45) is 2.34. The van der Waals surface area contributed by atoms with Crippen LogP contribution in [0.15, 0.2) is 54.6 Å². The monoisotopic (exact) mass is 279 g/mol. The van der Waals surface area contributed by atoms with Crippen LogP contribution in [-0.4, -0.2) is 7.05 Å². The average Bonchev–Trinajstić information content (AvgIpc) is 3.11. The normalized spacial score (nSPS) is 21.0. The highest BCUT2D eigenvalue weighted by atomic mass is 14.9. The van der Waals surface area contributed by atoms with Gasteiger partial charge in [0.1, 0.15) is 0 Å². The third-order valence-electron chi connectivity index (χ3n) is 4.89. The van der Waals surface area contributed by atoms with Gasteiger partial charge in [0.2, 0.25) is 0 Å². The first-order valence-electron chi connectivity index (χ1n) is 7.90. The van der Waals surface area contributed by atoms with Crippen molar-refractivity contribution in [1.82, 2.24) is 5.32 Å². The smallest absolute Gasteiger partial charge is 0.0351 e. The summed E-state index contributed by atoms with van der Waals surface area (Å²) in [4.78, 5) is 0. The van der Waals surface area contributed by atoms with E-state index < -0.39 is 0 Å². The number of nitrogens with one attached hydrogen (secondary N) is 1. The van der Waals surface area contributed by atoms with E-state index in [0.29, 0.717) is 11.5 Å². The van der Waals surface area contributed by atoms with E-state index in [4.69, 9.17) is 0 Å².